The van der Waals surface area contributed by atoms with E-state index in [1.165, 1.54) is 0 Å². The first-order chi connectivity index (χ1) is 6.65. The Hall–Kier alpha value is 0.0969. The minimum absolute atomic E-state index is 0.0974. The molecular formula is C11H24O3Si. The first-order valence-electron chi connectivity index (χ1n) is 5.62. The summed E-state index contributed by atoms with van der Waals surface area (Å²) >= 11 is 0. The molecule has 0 amide bonds. The van der Waals surface area contributed by atoms with Crippen LogP contribution in [0, 0.1) is 0 Å². The first-order valence-corrected chi connectivity index (χ1v) is 8.53. The van der Waals surface area contributed by atoms with Gasteiger partial charge in [-0.1, -0.05) is 20.8 Å². The van der Waals surface area contributed by atoms with E-state index in [9.17, 15) is 5.11 Å². The standard InChI is InChI=1S/C11H24O3Si/c1-8-10(12)9(7-13-8)14-15(5,6)11(2,3)4/h8-10,12H,7H2,1-6H3/t8-,9-,10?/m1/s1. The fourth-order valence-corrected chi connectivity index (χ4v) is 2.72. The summed E-state index contributed by atoms with van der Waals surface area (Å²) in [6.07, 6.45) is -0.709. The lowest BCUT2D eigenvalue weighted by atomic mass is 10.2. The molecule has 0 aromatic rings. The Morgan fingerprint density at radius 2 is 1.87 bits per heavy atom. The van der Waals surface area contributed by atoms with Gasteiger partial charge in [0, 0.05) is 0 Å². The van der Waals surface area contributed by atoms with Crippen LogP contribution in [0.3, 0.4) is 0 Å². The molecule has 0 aliphatic carbocycles. The van der Waals surface area contributed by atoms with E-state index in [2.05, 4.69) is 33.9 Å². The largest absolute Gasteiger partial charge is 0.409 e. The van der Waals surface area contributed by atoms with Gasteiger partial charge in [0.1, 0.15) is 6.10 Å². The zero-order valence-electron chi connectivity index (χ0n) is 10.7. The van der Waals surface area contributed by atoms with E-state index in [-0.39, 0.29) is 17.2 Å². The molecule has 1 aliphatic rings. The molecule has 1 rings (SSSR count). The van der Waals surface area contributed by atoms with Gasteiger partial charge in [-0.15, -0.1) is 0 Å². The summed E-state index contributed by atoms with van der Waals surface area (Å²) in [6.45, 7) is 13.4. The highest BCUT2D eigenvalue weighted by atomic mass is 28.4. The molecule has 1 fully saturated rings. The van der Waals surface area contributed by atoms with Gasteiger partial charge in [0.2, 0.25) is 0 Å². The van der Waals surface area contributed by atoms with E-state index in [4.69, 9.17) is 9.16 Å². The molecule has 90 valence electrons. The van der Waals surface area contributed by atoms with Gasteiger partial charge in [0.15, 0.2) is 8.32 Å². The highest BCUT2D eigenvalue weighted by Crippen LogP contribution is 2.38. The minimum Gasteiger partial charge on any atom is -0.409 e. The third-order valence-electron chi connectivity index (χ3n) is 3.64. The maximum absolute atomic E-state index is 9.86. The molecule has 1 saturated heterocycles. The maximum atomic E-state index is 9.86. The van der Waals surface area contributed by atoms with Crippen LogP contribution in [0.5, 0.6) is 0 Å². The first kappa shape index (κ1) is 13.2. The molecule has 3 atom stereocenters. The van der Waals surface area contributed by atoms with Crippen LogP contribution in [0.1, 0.15) is 27.7 Å². The van der Waals surface area contributed by atoms with Gasteiger partial charge in [-0.2, -0.15) is 0 Å². The Bertz CT molecular complexity index is 222. The average molecular weight is 232 g/mol. The van der Waals surface area contributed by atoms with E-state index in [1.807, 2.05) is 6.92 Å². The fraction of sp³-hybridized carbons (Fsp3) is 1.00. The summed E-state index contributed by atoms with van der Waals surface area (Å²) in [5.41, 5.74) is 0. The van der Waals surface area contributed by atoms with Crippen molar-refractivity contribution in [2.75, 3.05) is 6.61 Å². The van der Waals surface area contributed by atoms with Crippen molar-refractivity contribution < 1.29 is 14.3 Å². The third kappa shape index (κ3) is 2.81. The number of ether oxygens (including phenoxy) is 1. The number of rotatable bonds is 2. The van der Waals surface area contributed by atoms with Gasteiger partial charge in [0.05, 0.1) is 18.8 Å². The second-order valence-electron chi connectivity index (χ2n) is 5.95. The van der Waals surface area contributed by atoms with Gasteiger partial charge in [-0.05, 0) is 25.1 Å². The Balaban J connectivity index is 2.62. The third-order valence-corrected chi connectivity index (χ3v) is 8.14. The van der Waals surface area contributed by atoms with Crippen molar-refractivity contribution in [3.8, 4) is 0 Å². The van der Waals surface area contributed by atoms with Crippen LogP contribution in [-0.2, 0) is 9.16 Å². The Morgan fingerprint density at radius 3 is 2.20 bits per heavy atom. The van der Waals surface area contributed by atoms with Crippen LogP contribution in [0.15, 0.2) is 0 Å². The average Bonchev–Trinajstić information content (AvgIpc) is 2.33. The molecule has 1 unspecified atom stereocenters. The smallest absolute Gasteiger partial charge is 0.192 e. The maximum Gasteiger partial charge on any atom is 0.192 e. The van der Waals surface area contributed by atoms with Gasteiger partial charge >= 0.3 is 0 Å². The summed E-state index contributed by atoms with van der Waals surface area (Å²) in [6, 6.07) is 0. The van der Waals surface area contributed by atoms with Crippen LogP contribution < -0.4 is 0 Å². The summed E-state index contributed by atoms with van der Waals surface area (Å²) in [5, 5.41) is 10.0. The van der Waals surface area contributed by atoms with Crippen molar-refractivity contribution in [2.45, 2.75) is 64.1 Å². The quantitative estimate of drug-likeness (QED) is 0.742. The predicted octanol–water partition coefficient (Wildman–Crippen LogP) is 2.16. The van der Waals surface area contributed by atoms with Crippen LogP contribution in [0.4, 0.5) is 0 Å². The zero-order chi connectivity index (χ0) is 11.9. The summed E-state index contributed by atoms with van der Waals surface area (Å²) < 4.78 is 11.5. The lowest BCUT2D eigenvalue weighted by Crippen LogP contribution is -2.47. The normalized spacial score (nSPS) is 33.4. The monoisotopic (exact) mass is 232 g/mol. The van der Waals surface area contributed by atoms with Crippen molar-refractivity contribution in [3.63, 3.8) is 0 Å². The SMILES string of the molecule is C[C@H]1OC[C@@H](O[Si](C)(C)C(C)(C)C)C1O. The Labute approximate surface area is 93.9 Å². The highest BCUT2D eigenvalue weighted by Gasteiger charge is 2.43. The van der Waals surface area contributed by atoms with Gasteiger partial charge in [0.25, 0.3) is 0 Å². The molecule has 1 N–H and O–H groups in total. The molecule has 0 spiro atoms. The highest BCUT2D eigenvalue weighted by molar-refractivity contribution is 6.74. The van der Waals surface area contributed by atoms with Crippen LogP contribution in [-0.4, -0.2) is 38.3 Å². The van der Waals surface area contributed by atoms with Crippen molar-refractivity contribution in [3.05, 3.63) is 0 Å². The lowest BCUT2D eigenvalue weighted by molar-refractivity contribution is 0.0354. The Kier molecular flexibility index (Phi) is 3.65. The minimum atomic E-state index is -1.78. The van der Waals surface area contributed by atoms with Gasteiger partial charge < -0.3 is 14.3 Å². The topological polar surface area (TPSA) is 38.7 Å². The molecule has 1 aliphatic heterocycles. The second-order valence-corrected chi connectivity index (χ2v) is 10.7. The van der Waals surface area contributed by atoms with Gasteiger partial charge in [-0.3, -0.25) is 0 Å². The molecular weight excluding hydrogens is 208 g/mol. The molecule has 0 aromatic carbocycles. The predicted molar refractivity (Wildman–Crippen MR) is 63.5 cm³/mol. The molecule has 15 heavy (non-hydrogen) atoms. The van der Waals surface area contributed by atoms with E-state index < -0.39 is 14.4 Å². The molecule has 4 heteroatoms. The number of hydrogen-bond acceptors (Lipinski definition) is 3. The van der Waals surface area contributed by atoms with Crippen LogP contribution in [0.2, 0.25) is 18.1 Å². The number of aliphatic hydroxyl groups excluding tert-OH is 1. The van der Waals surface area contributed by atoms with Crippen LogP contribution >= 0.6 is 0 Å². The van der Waals surface area contributed by atoms with E-state index >= 15 is 0 Å². The van der Waals surface area contributed by atoms with E-state index in [1.54, 1.807) is 0 Å². The summed E-state index contributed by atoms with van der Waals surface area (Å²) in [5.74, 6) is 0. The number of hydrogen-bond donors (Lipinski definition) is 1. The van der Waals surface area contributed by atoms with Crippen LogP contribution in [0.25, 0.3) is 0 Å². The van der Waals surface area contributed by atoms with Crippen molar-refractivity contribution >= 4 is 8.32 Å². The number of aliphatic hydroxyl groups is 1. The molecule has 0 bridgehead atoms. The zero-order valence-corrected chi connectivity index (χ0v) is 11.7. The van der Waals surface area contributed by atoms with Crippen molar-refractivity contribution in [1.82, 2.24) is 0 Å². The Morgan fingerprint density at radius 1 is 1.33 bits per heavy atom. The fourth-order valence-electron chi connectivity index (χ4n) is 1.41. The lowest BCUT2D eigenvalue weighted by Gasteiger charge is -2.38. The van der Waals surface area contributed by atoms with Crippen molar-refractivity contribution in [2.24, 2.45) is 0 Å². The second kappa shape index (κ2) is 4.16. The summed E-state index contributed by atoms with van der Waals surface area (Å²) in [4.78, 5) is 0. The summed E-state index contributed by atoms with van der Waals surface area (Å²) in [7, 11) is -1.78. The van der Waals surface area contributed by atoms with E-state index in [0.29, 0.717) is 6.61 Å². The van der Waals surface area contributed by atoms with E-state index in [0.717, 1.165) is 0 Å². The van der Waals surface area contributed by atoms with Crippen molar-refractivity contribution in [1.29, 1.82) is 0 Å². The molecule has 0 aromatic heterocycles. The molecule has 0 radical (unpaired) electrons. The molecule has 0 saturated carbocycles. The molecule has 3 nitrogen and oxygen atoms in total. The van der Waals surface area contributed by atoms with Gasteiger partial charge in [-0.25, -0.2) is 0 Å². The molecule has 1 heterocycles.